The van der Waals surface area contributed by atoms with E-state index in [1.807, 2.05) is 21.8 Å². The highest BCUT2D eigenvalue weighted by Gasteiger charge is 2.18. The van der Waals surface area contributed by atoms with E-state index >= 15 is 0 Å². The highest BCUT2D eigenvalue weighted by Crippen LogP contribution is 2.09. The van der Waals surface area contributed by atoms with Crippen LogP contribution in [0.4, 0.5) is 10.6 Å². The largest absolute Gasteiger partial charge is 0.323 e. The Balaban J connectivity index is 1.83. The smallest absolute Gasteiger partial charge is 0.323 e. The first-order valence-corrected chi connectivity index (χ1v) is 8.40. The number of hydrogen-bond donors (Lipinski definition) is 1. The first-order chi connectivity index (χ1) is 10.6. The van der Waals surface area contributed by atoms with Gasteiger partial charge in [0.2, 0.25) is 0 Å². The average molecular weight is 307 g/mol. The molecule has 1 aliphatic heterocycles. The zero-order valence-corrected chi connectivity index (χ0v) is 14.1. The fraction of sp³-hybridized carbons (Fsp3) is 0.750. The van der Waals surface area contributed by atoms with E-state index in [0.29, 0.717) is 11.7 Å². The number of rotatable bonds is 5. The lowest BCUT2D eigenvalue weighted by molar-refractivity contribution is 0.212. The van der Waals surface area contributed by atoms with E-state index in [9.17, 15) is 4.79 Å². The van der Waals surface area contributed by atoms with Gasteiger partial charge in [-0.2, -0.15) is 5.10 Å². The molecular formula is C16H29N5O. The Hall–Kier alpha value is -1.56. The van der Waals surface area contributed by atoms with Crippen molar-refractivity contribution in [3.63, 3.8) is 0 Å². The monoisotopic (exact) mass is 307 g/mol. The third-order valence-electron chi connectivity index (χ3n) is 4.13. The summed E-state index contributed by atoms with van der Waals surface area (Å²) in [5.41, 5.74) is 0. The summed E-state index contributed by atoms with van der Waals surface area (Å²) in [7, 11) is 0. The summed E-state index contributed by atoms with van der Waals surface area (Å²) in [5.74, 6) is 1.30. The van der Waals surface area contributed by atoms with Crippen LogP contribution in [0.15, 0.2) is 12.3 Å². The van der Waals surface area contributed by atoms with Gasteiger partial charge in [0.05, 0.1) is 0 Å². The molecule has 0 unspecified atom stereocenters. The van der Waals surface area contributed by atoms with Gasteiger partial charge in [-0.15, -0.1) is 0 Å². The maximum absolute atomic E-state index is 12.3. The lowest BCUT2D eigenvalue weighted by atomic mass is 10.1. The Kier molecular flexibility index (Phi) is 6.24. The summed E-state index contributed by atoms with van der Waals surface area (Å²) in [6.45, 7) is 12.1. The first kappa shape index (κ1) is 16.8. The molecule has 0 radical (unpaired) electrons. The average Bonchev–Trinajstić information content (AvgIpc) is 2.79. The molecule has 2 rings (SSSR count). The quantitative estimate of drug-likeness (QED) is 0.909. The molecule has 1 aromatic heterocycles. The van der Waals surface area contributed by atoms with Gasteiger partial charge in [-0.05, 0) is 31.8 Å². The third kappa shape index (κ3) is 5.02. The van der Waals surface area contributed by atoms with Crippen LogP contribution in [0.1, 0.15) is 33.6 Å². The number of carbonyl (C=O) groups excluding carboxylic acids is 1. The molecule has 0 saturated carbocycles. The van der Waals surface area contributed by atoms with Crippen LogP contribution in [0, 0.1) is 5.92 Å². The number of anilines is 1. The minimum absolute atomic E-state index is 0.0351. The van der Waals surface area contributed by atoms with E-state index in [-0.39, 0.29) is 6.03 Å². The molecule has 0 aliphatic carbocycles. The summed E-state index contributed by atoms with van der Waals surface area (Å²) in [5, 5.41) is 7.34. The number of nitrogens with zero attached hydrogens (tertiary/aromatic N) is 4. The highest BCUT2D eigenvalue weighted by atomic mass is 16.2. The second-order valence-electron chi connectivity index (χ2n) is 6.35. The van der Waals surface area contributed by atoms with Crippen molar-refractivity contribution in [2.45, 2.75) is 40.2 Å². The van der Waals surface area contributed by atoms with Crippen LogP contribution in [0.5, 0.6) is 0 Å². The summed E-state index contributed by atoms with van der Waals surface area (Å²) in [6, 6.07) is 1.83. The van der Waals surface area contributed by atoms with Gasteiger partial charge in [-0.1, -0.05) is 20.8 Å². The fourth-order valence-electron chi connectivity index (χ4n) is 2.62. The standard InChI is InChI=1S/C16H29N5O/c1-4-19-8-5-9-20(13-12-19)16(22)17-15-7-11-21(18-15)10-6-14(2)3/h7,11,14H,4-6,8-10,12-13H2,1-3H3,(H,17,18,22). The summed E-state index contributed by atoms with van der Waals surface area (Å²) >= 11 is 0. The van der Waals surface area contributed by atoms with Crippen LogP contribution in [0.2, 0.25) is 0 Å². The van der Waals surface area contributed by atoms with Gasteiger partial charge in [0, 0.05) is 38.4 Å². The minimum Gasteiger partial charge on any atom is -0.323 e. The Morgan fingerprint density at radius 2 is 2.14 bits per heavy atom. The predicted octanol–water partition coefficient (Wildman–Crippen LogP) is 2.49. The molecule has 1 saturated heterocycles. The molecule has 0 aromatic carbocycles. The zero-order chi connectivity index (χ0) is 15.9. The fourth-order valence-corrected chi connectivity index (χ4v) is 2.62. The lowest BCUT2D eigenvalue weighted by Crippen LogP contribution is -2.38. The molecule has 0 spiro atoms. The third-order valence-corrected chi connectivity index (χ3v) is 4.13. The van der Waals surface area contributed by atoms with Crippen molar-refractivity contribution < 1.29 is 4.79 Å². The molecule has 6 heteroatoms. The van der Waals surface area contributed by atoms with Crippen LogP contribution >= 0.6 is 0 Å². The maximum atomic E-state index is 12.3. The molecular weight excluding hydrogens is 278 g/mol. The van der Waals surface area contributed by atoms with Crippen LogP contribution in [-0.2, 0) is 6.54 Å². The number of likely N-dealkylation sites (N-methyl/N-ethyl adjacent to an activating group) is 1. The molecule has 1 aliphatic rings. The highest BCUT2D eigenvalue weighted by molar-refractivity contribution is 5.88. The normalized spacial score (nSPS) is 16.8. The van der Waals surface area contributed by atoms with Gasteiger partial charge in [-0.3, -0.25) is 10.00 Å². The molecule has 1 aromatic rings. The van der Waals surface area contributed by atoms with Crippen molar-refractivity contribution >= 4 is 11.8 Å². The summed E-state index contributed by atoms with van der Waals surface area (Å²) < 4.78 is 1.90. The summed E-state index contributed by atoms with van der Waals surface area (Å²) in [6.07, 6.45) is 4.05. The Morgan fingerprint density at radius 1 is 1.32 bits per heavy atom. The molecule has 1 N–H and O–H groups in total. The first-order valence-electron chi connectivity index (χ1n) is 8.40. The number of amides is 2. The molecule has 1 fully saturated rings. The predicted molar refractivity (Wildman–Crippen MR) is 89.0 cm³/mol. The van der Waals surface area contributed by atoms with Crippen molar-refractivity contribution in [3.8, 4) is 0 Å². The van der Waals surface area contributed by atoms with Crippen LogP contribution in [0.25, 0.3) is 0 Å². The number of hydrogen-bond acceptors (Lipinski definition) is 3. The van der Waals surface area contributed by atoms with E-state index in [0.717, 1.165) is 52.1 Å². The topological polar surface area (TPSA) is 53.4 Å². The van der Waals surface area contributed by atoms with E-state index in [2.05, 4.69) is 36.1 Å². The van der Waals surface area contributed by atoms with Gasteiger partial charge in [0.1, 0.15) is 0 Å². The van der Waals surface area contributed by atoms with Gasteiger partial charge < -0.3 is 9.80 Å². The molecule has 0 atom stereocenters. The van der Waals surface area contributed by atoms with Gasteiger partial charge in [0.15, 0.2) is 5.82 Å². The molecule has 6 nitrogen and oxygen atoms in total. The van der Waals surface area contributed by atoms with Crippen molar-refractivity contribution in [1.82, 2.24) is 19.6 Å². The van der Waals surface area contributed by atoms with Gasteiger partial charge in [0.25, 0.3) is 0 Å². The molecule has 0 bridgehead atoms. The van der Waals surface area contributed by atoms with E-state index in [1.54, 1.807) is 0 Å². The van der Waals surface area contributed by atoms with Crippen molar-refractivity contribution in [2.75, 3.05) is 38.0 Å². The Labute approximate surface area is 133 Å². The number of aryl methyl sites for hydroxylation is 1. The molecule has 124 valence electrons. The van der Waals surface area contributed by atoms with Gasteiger partial charge >= 0.3 is 6.03 Å². The number of aromatic nitrogens is 2. The van der Waals surface area contributed by atoms with Crippen molar-refractivity contribution in [3.05, 3.63) is 12.3 Å². The Morgan fingerprint density at radius 3 is 2.86 bits per heavy atom. The molecule has 2 heterocycles. The van der Waals surface area contributed by atoms with Gasteiger partial charge in [-0.25, -0.2) is 4.79 Å². The number of urea groups is 1. The molecule has 2 amide bonds. The SMILES string of the molecule is CCN1CCCN(C(=O)Nc2ccn(CCC(C)C)n2)CC1. The minimum atomic E-state index is -0.0351. The van der Waals surface area contributed by atoms with Crippen LogP contribution < -0.4 is 5.32 Å². The van der Waals surface area contributed by atoms with Crippen molar-refractivity contribution in [2.24, 2.45) is 5.92 Å². The number of nitrogens with one attached hydrogen (secondary N) is 1. The van der Waals surface area contributed by atoms with Crippen LogP contribution in [-0.4, -0.2) is 58.3 Å². The second-order valence-corrected chi connectivity index (χ2v) is 6.35. The number of carbonyl (C=O) groups is 1. The van der Waals surface area contributed by atoms with Crippen LogP contribution in [0.3, 0.4) is 0 Å². The van der Waals surface area contributed by atoms with E-state index in [4.69, 9.17) is 0 Å². The second kappa shape index (κ2) is 8.17. The van der Waals surface area contributed by atoms with E-state index < -0.39 is 0 Å². The summed E-state index contributed by atoms with van der Waals surface area (Å²) in [4.78, 5) is 16.6. The Bertz CT molecular complexity index is 471. The molecule has 22 heavy (non-hydrogen) atoms. The lowest BCUT2D eigenvalue weighted by Gasteiger charge is -2.21. The maximum Gasteiger partial charge on any atom is 0.323 e. The zero-order valence-electron chi connectivity index (χ0n) is 14.1. The van der Waals surface area contributed by atoms with E-state index in [1.165, 1.54) is 0 Å². The van der Waals surface area contributed by atoms with Crippen molar-refractivity contribution in [1.29, 1.82) is 0 Å².